The minimum Gasteiger partial charge on any atom is -0.497 e. The number of amides is 1. The Kier molecular flexibility index (Phi) is 4.96. The Morgan fingerprint density at radius 1 is 1.17 bits per heavy atom. The second-order valence-electron chi connectivity index (χ2n) is 5.95. The molecule has 4 aromatic rings. The molecule has 0 unspecified atom stereocenters. The molecule has 9 heteroatoms. The summed E-state index contributed by atoms with van der Waals surface area (Å²) in [6, 6.07) is 12.9. The largest absolute Gasteiger partial charge is 0.497 e. The Bertz CT molecular complexity index is 1290. The van der Waals surface area contributed by atoms with E-state index < -0.39 is 18.5 Å². The van der Waals surface area contributed by atoms with Crippen LogP contribution in [0.25, 0.3) is 21.2 Å². The van der Waals surface area contributed by atoms with E-state index in [0.29, 0.717) is 21.8 Å². The molecule has 0 bridgehead atoms. The molecule has 0 spiro atoms. The van der Waals surface area contributed by atoms with Gasteiger partial charge in [-0.2, -0.15) is 0 Å². The number of anilines is 1. The molecule has 0 aliphatic heterocycles. The lowest BCUT2D eigenvalue weighted by molar-refractivity contribution is -0.119. The molecule has 0 fully saturated rings. The van der Waals surface area contributed by atoms with Crippen LogP contribution in [0.1, 0.15) is 10.6 Å². The topological polar surface area (TPSA) is 108 Å². The number of para-hydroxylation sites is 1. The maximum Gasteiger partial charge on any atom is 0.374 e. The first-order valence-electron chi connectivity index (χ1n) is 8.48. The molecular weight excluding hydrogens is 396 g/mol. The Morgan fingerprint density at radius 2 is 2.00 bits per heavy atom. The van der Waals surface area contributed by atoms with Crippen LogP contribution in [-0.2, 0) is 9.53 Å². The van der Waals surface area contributed by atoms with Crippen molar-refractivity contribution >= 4 is 49.5 Å². The fourth-order valence-corrected chi connectivity index (χ4v) is 3.56. The molecule has 0 saturated carbocycles. The molecule has 0 saturated heterocycles. The standard InChI is InChI=1S/C20H14N2O6S/c1-26-11-6-7-13-17(8-11)29-20(21-13)22-18(24)10-27-19(25)16-9-14(23)12-4-2-3-5-15(12)28-16/h2-9H,10H2,1H3,(H,21,22,24). The molecule has 29 heavy (non-hydrogen) atoms. The summed E-state index contributed by atoms with van der Waals surface area (Å²) in [6.45, 7) is -0.547. The minimum atomic E-state index is -0.906. The molecule has 2 heterocycles. The lowest BCUT2D eigenvalue weighted by Gasteiger charge is -2.05. The number of esters is 1. The zero-order valence-electron chi connectivity index (χ0n) is 15.1. The van der Waals surface area contributed by atoms with Crippen LogP contribution in [0.2, 0.25) is 0 Å². The Hall–Kier alpha value is -3.72. The van der Waals surface area contributed by atoms with E-state index in [4.69, 9.17) is 13.9 Å². The van der Waals surface area contributed by atoms with Crippen molar-refractivity contribution in [2.45, 2.75) is 0 Å². The first kappa shape index (κ1) is 18.6. The van der Waals surface area contributed by atoms with Crippen LogP contribution in [0.5, 0.6) is 5.75 Å². The van der Waals surface area contributed by atoms with E-state index >= 15 is 0 Å². The minimum absolute atomic E-state index is 0.265. The summed E-state index contributed by atoms with van der Waals surface area (Å²) in [5.74, 6) is -1.05. The van der Waals surface area contributed by atoms with Crippen molar-refractivity contribution in [3.8, 4) is 5.75 Å². The van der Waals surface area contributed by atoms with Gasteiger partial charge in [-0.25, -0.2) is 9.78 Å². The maximum atomic E-state index is 12.1. The van der Waals surface area contributed by atoms with Crippen molar-refractivity contribution in [3.63, 3.8) is 0 Å². The number of benzene rings is 2. The molecule has 1 amide bonds. The summed E-state index contributed by atoms with van der Waals surface area (Å²) < 4.78 is 16.3. The first-order chi connectivity index (χ1) is 14.0. The molecular formula is C20H14N2O6S. The van der Waals surface area contributed by atoms with Crippen LogP contribution in [0.15, 0.2) is 57.7 Å². The normalized spacial score (nSPS) is 10.8. The second-order valence-corrected chi connectivity index (χ2v) is 6.98. The third-order valence-electron chi connectivity index (χ3n) is 4.01. The van der Waals surface area contributed by atoms with Gasteiger partial charge in [0.15, 0.2) is 17.2 Å². The summed E-state index contributed by atoms with van der Waals surface area (Å²) in [5, 5.41) is 3.30. The van der Waals surface area contributed by atoms with Crippen molar-refractivity contribution in [3.05, 3.63) is 64.5 Å². The predicted molar refractivity (Wildman–Crippen MR) is 108 cm³/mol. The lowest BCUT2D eigenvalue weighted by atomic mass is 10.2. The molecule has 8 nitrogen and oxygen atoms in total. The summed E-state index contributed by atoms with van der Waals surface area (Å²) in [7, 11) is 1.57. The number of methoxy groups -OCH3 is 1. The van der Waals surface area contributed by atoms with Crippen molar-refractivity contribution < 1.29 is 23.5 Å². The van der Waals surface area contributed by atoms with Crippen LogP contribution in [-0.4, -0.2) is 30.6 Å². The first-order valence-corrected chi connectivity index (χ1v) is 9.29. The van der Waals surface area contributed by atoms with Gasteiger partial charge in [0.25, 0.3) is 5.91 Å². The summed E-state index contributed by atoms with van der Waals surface area (Å²) in [4.78, 5) is 40.6. The zero-order valence-corrected chi connectivity index (χ0v) is 15.9. The highest BCUT2D eigenvalue weighted by atomic mass is 32.1. The lowest BCUT2D eigenvalue weighted by Crippen LogP contribution is -2.21. The van der Waals surface area contributed by atoms with E-state index in [2.05, 4.69) is 10.3 Å². The van der Waals surface area contributed by atoms with E-state index in [9.17, 15) is 14.4 Å². The highest BCUT2D eigenvalue weighted by Crippen LogP contribution is 2.29. The Labute approximate surface area is 167 Å². The molecule has 0 atom stereocenters. The summed E-state index contributed by atoms with van der Waals surface area (Å²) in [5.41, 5.74) is 0.607. The number of fused-ring (bicyclic) bond motifs is 2. The van der Waals surface area contributed by atoms with Crippen molar-refractivity contribution in [2.75, 3.05) is 19.0 Å². The number of carbonyl (C=O) groups excluding carboxylic acids is 2. The van der Waals surface area contributed by atoms with Crippen LogP contribution < -0.4 is 15.5 Å². The molecule has 0 radical (unpaired) electrons. The van der Waals surface area contributed by atoms with Gasteiger partial charge < -0.3 is 13.9 Å². The number of aromatic nitrogens is 1. The number of nitrogens with zero attached hydrogens (tertiary/aromatic N) is 1. The average molecular weight is 410 g/mol. The SMILES string of the molecule is COc1ccc2nc(NC(=O)COC(=O)c3cc(=O)c4ccccc4o3)sc2c1. The van der Waals surface area contributed by atoms with E-state index in [1.807, 2.05) is 6.07 Å². The fourth-order valence-electron chi connectivity index (χ4n) is 2.65. The van der Waals surface area contributed by atoms with Gasteiger partial charge in [-0.1, -0.05) is 23.5 Å². The molecule has 4 rings (SSSR count). The number of hydrogen-bond acceptors (Lipinski definition) is 8. The van der Waals surface area contributed by atoms with Gasteiger partial charge in [0.1, 0.15) is 11.3 Å². The molecule has 0 aliphatic rings. The average Bonchev–Trinajstić information content (AvgIpc) is 3.13. The highest BCUT2D eigenvalue weighted by molar-refractivity contribution is 7.22. The van der Waals surface area contributed by atoms with E-state index in [1.165, 1.54) is 11.3 Å². The fraction of sp³-hybridized carbons (Fsp3) is 0.100. The van der Waals surface area contributed by atoms with E-state index in [-0.39, 0.29) is 16.8 Å². The van der Waals surface area contributed by atoms with E-state index in [1.54, 1.807) is 43.5 Å². The smallest absolute Gasteiger partial charge is 0.374 e. The number of hydrogen-bond donors (Lipinski definition) is 1. The highest BCUT2D eigenvalue weighted by Gasteiger charge is 2.16. The van der Waals surface area contributed by atoms with Gasteiger partial charge in [-0.3, -0.25) is 14.9 Å². The third-order valence-corrected chi connectivity index (χ3v) is 4.95. The zero-order chi connectivity index (χ0) is 20.4. The number of ether oxygens (including phenoxy) is 2. The van der Waals surface area contributed by atoms with Gasteiger partial charge in [0, 0.05) is 6.07 Å². The van der Waals surface area contributed by atoms with Crippen LogP contribution in [0, 0.1) is 0 Å². The molecule has 0 aliphatic carbocycles. The van der Waals surface area contributed by atoms with Gasteiger partial charge in [-0.15, -0.1) is 0 Å². The quantitative estimate of drug-likeness (QED) is 0.503. The number of carbonyl (C=O) groups is 2. The maximum absolute atomic E-state index is 12.1. The van der Waals surface area contributed by atoms with Gasteiger partial charge in [-0.05, 0) is 30.3 Å². The summed E-state index contributed by atoms with van der Waals surface area (Å²) in [6.07, 6.45) is 0. The molecule has 2 aromatic carbocycles. The second kappa shape index (κ2) is 7.72. The van der Waals surface area contributed by atoms with Crippen molar-refractivity contribution in [1.82, 2.24) is 4.98 Å². The third kappa shape index (κ3) is 3.94. The predicted octanol–water partition coefficient (Wildman–Crippen LogP) is 3.21. The number of nitrogens with one attached hydrogen (secondary N) is 1. The Morgan fingerprint density at radius 3 is 2.83 bits per heavy atom. The van der Waals surface area contributed by atoms with Gasteiger partial charge in [0.2, 0.25) is 5.76 Å². The monoisotopic (exact) mass is 410 g/mol. The van der Waals surface area contributed by atoms with Gasteiger partial charge in [0.05, 0.1) is 22.7 Å². The van der Waals surface area contributed by atoms with E-state index in [0.717, 1.165) is 10.8 Å². The number of thiazole rings is 1. The summed E-state index contributed by atoms with van der Waals surface area (Å²) >= 11 is 1.27. The van der Waals surface area contributed by atoms with Crippen LogP contribution in [0.3, 0.4) is 0 Å². The molecule has 2 aromatic heterocycles. The molecule has 146 valence electrons. The van der Waals surface area contributed by atoms with Crippen molar-refractivity contribution in [1.29, 1.82) is 0 Å². The Balaban J connectivity index is 1.42. The van der Waals surface area contributed by atoms with Crippen LogP contribution >= 0.6 is 11.3 Å². The van der Waals surface area contributed by atoms with Crippen LogP contribution in [0.4, 0.5) is 5.13 Å². The van der Waals surface area contributed by atoms with Gasteiger partial charge >= 0.3 is 5.97 Å². The number of rotatable bonds is 5. The molecule has 1 N–H and O–H groups in total. The van der Waals surface area contributed by atoms with Crippen molar-refractivity contribution in [2.24, 2.45) is 0 Å².